The third-order valence-electron chi connectivity index (χ3n) is 5.38. The number of pyridine rings is 2. The zero-order valence-electron chi connectivity index (χ0n) is 21.7. The van der Waals surface area contributed by atoms with Gasteiger partial charge in [-0.25, -0.2) is 9.59 Å². The van der Waals surface area contributed by atoms with Gasteiger partial charge in [-0.15, -0.1) is 0 Å². The summed E-state index contributed by atoms with van der Waals surface area (Å²) in [7, 11) is 0. The van der Waals surface area contributed by atoms with Gasteiger partial charge in [-0.2, -0.15) is 26.3 Å². The van der Waals surface area contributed by atoms with Crippen LogP contribution in [0.1, 0.15) is 61.3 Å². The van der Waals surface area contributed by atoms with Crippen molar-refractivity contribution in [3.05, 3.63) is 83.5 Å². The number of aromatic nitrogens is 2. The lowest BCUT2D eigenvalue weighted by Gasteiger charge is -2.15. The SMILES string of the molecule is C=C(CC(=O)NC(C)c1ccc(C(F)(F)F)cn1)C(=O)OC(=O)C(=C)CC(=O)NC(C)c1ccc(C(F)(F)F)cn1. The van der Waals surface area contributed by atoms with Crippen molar-refractivity contribution in [3.63, 3.8) is 0 Å². The van der Waals surface area contributed by atoms with Gasteiger partial charge in [0.25, 0.3) is 0 Å². The first-order valence-electron chi connectivity index (χ1n) is 11.7. The number of rotatable bonds is 10. The second-order valence-corrected chi connectivity index (χ2v) is 8.76. The molecule has 9 nitrogen and oxygen atoms in total. The van der Waals surface area contributed by atoms with Gasteiger partial charge < -0.3 is 15.4 Å². The van der Waals surface area contributed by atoms with Gasteiger partial charge in [-0.05, 0) is 38.1 Å². The lowest BCUT2D eigenvalue weighted by Crippen LogP contribution is -2.30. The van der Waals surface area contributed by atoms with Crippen LogP contribution < -0.4 is 10.6 Å². The second-order valence-electron chi connectivity index (χ2n) is 8.76. The van der Waals surface area contributed by atoms with Crippen molar-refractivity contribution >= 4 is 23.8 Å². The molecule has 0 saturated heterocycles. The van der Waals surface area contributed by atoms with Crippen LogP contribution >= 0.6 is 0 Å². The van der Waals surface area contributed by atoms with Gasteiger partial charge in [0.1, 0.15) is 0 Å². The maximum absolute atomic E-state index is 12.7. The topological polar surface area (TPSA) is 127 Å². The number of nitrogens with one attached hydrogen (secondary N) is 2. The fraction of sp³-hybridized carbons (Fsp3) is 0.308. The van der Waals surface area contributed by atoms with Gasteiger partial charge in [0.2, 0.25) is 11.8 Å². The molecule has 15 heteroatoms. The maximum atomic E-state index is 12.7. The van der Waals surface area contributed by atoms with E-state index in [9.17, 15) is 45.5 Å². The summed E-state index contributed by atoms with van der Waals surface area (Å²) in [6.45, 7) is 9.62. The van der Waals surface area contributed by atoms with Crippen molar-refractivity contribution in [3.8, 4) is 0 Å². The van der Waals surface area contributed by atoms with E-state index in [2.05, 4.69) is 38.5 Å². The Balaban J connectivity index is 1.82. The van der Waals surface area contributed by atoms with Crippen molar-refractivity contribution in [2.45, 2.75) is 51.1 Å². The molecule has 0 aliphatic carbocycles. The first-order valence-corrected chi connectivity index (χ1v) is 11.7. The summed E-state index contributed by atoms with van der Waals surface area (Å²) in [6.07, 6.45) is -9.18. The van der Waals surface area contributed by atoms with E-state index < -0.39 is 83.3 Å². The van der Waals surface area contributed by atoms with Crippen LogP contribution in [0.25, 0.3) is 0 Å². The van der Waals surface area contributed by atoms with Crippen molar-refractivity contribution in [2.75, 3.05) is 0 Å². The number of carbonyl (C=O) groups is 4. The number of ether oxygens (including phenoxy) is 1. The zero-order chi connectivity index (χ0) is 31.1. The molecule has 41 heavy (non-hydrogen) atoms. The highest BCUT2D eigenvalue weighted by Crippen LogP contribution is 2.30. The molecule has 2 unspecified atom stereocenters. The number of amides is 2. The molecule has 2 N–H and O–H groups in total. The van der Waals surface area contributed by atoms with Gasteiger partial charge >= 0.3 is 24.3 Å². The summed E-state index contributed by atoms with van der Waals surface area (Å²) in [4.78, 5) is 56.1. The third kappa shape index (κ3) is 9.85. The van der Waals surface area contributed by atoms with Crippen LogP contribution in [-0.4, -0.2) is 33.7 Å². The molecular weight excluding hydrogens is 562 g/mol. The Morgan fingerprint density at radius 2 is 1.07 bits per heavy atom. The Morgan fingerprint density at radius 1 is 0.732 bits per heavy atom. The third-order valence-corrected chi connectivity index (χ3v) is 5.38. The molecule has 0 fully saturated rings. The Hall–Kier alpha value is -4.56. The highest BCUT2D eigenvalue weighted by molar-refractivity contribution is 6.05. The van der Waals surface area contributed by atoms with E-state index in [0.717, 1.165) is 24.3 Å². The van der Waals surface area contributed by atoms with E-state index >= 15 is 0 Å². The lowest BCUT2D eigenvalue weighted by atomic mass is 10.1. The maximum Gasteiger partial charge on any atom is 0.417 e. The smallest absolute Gasteiger partial charge is 0.386 e. The van der Waals surface area contributed by atoms with Crippen molar-refractivity contribution in [2.24, 2.45) is 0 Å². The van der Waals surface area contributed by atoms with Gasteiger partial charge in [0.05, 0.1) is 47.4 Å². The minimum absolute atomic E-state index is 0.118. The molecule has 0 aliphatic heterocycles. The zero-order valence-corrected chi connectivity index (χ0v) is 21.7. The second kappa shape index (κ2) is 13.2. The van der Waals surface area contributed by atoms with Crippen LogP contribution in [0.2, 0.25) is 0 Å². The summed E-state index contributed by atoms with van der Waals surface area (Å²) in [5.74, 6) is -4.10. The number of nitrogens with zero attached hydrogens (tertiary/aromatic N) is 2. The van der Waals surface area contributed by atoms with Gasteiger partial charge in [-0.1, -0.05) is 13.2 Å². The largest absolute Gasteiger partial charge is 0.417 e. The summed E-state index contributed by atoms with van der Waals surface area (Å²) in [5, 5.41) is 4.83. The monoisotopic (exact) mass is 586 g/mol. The fourth-order valence-corrected chi connectivity index (χ4v) is 3.15. The number of hydrogen-bond acceptors (Lipinski definition) is 7. The first-order chi connectivity index (χ1) is 18.9. The quantitative estimate of drug-likeness (QED) is 0.181. The first kappa shape index (κ1) is 32.7. The highest BCUT2D eigenvalue weighted by atomic mass is 19.4. The van der Waals surface area contributed by atoms with Gasteiger partial charge in [-0.3, -0.25) is 19.6 Å². The minimum atomic E-state index is -4.58. The fourth-order valence-electron chi connectivity index (χ4n) is 3.15. The molecule has 2 amide bonds. The lowest BCUT2D eigenvalue weighted by molar-refractivity contribution is -0.155. The normalized spacial score (nSPS) is 13.0. The van der Waals surface area contributed by atoms with Crippen LogP contribution in [0.4, 0.5) is 26.3 Å². The average molecular weight is 586 g/mol. The van der Waals surface area contributed by atoms with Crippen molar-refractivity contribution in [1.82, 2.24) is 20.6 Å². The Morgan fingerprint density at radius 3 is 1.34 bits per heavy atom. The Labute approximate surface area is 229 Å². The Kier molecular flexibility index (Phi) is 10.5. The predicted molar refractivity (Wildman–Crippen MR) is 130 cm³/mol. The van der Waals surface area contributed by atoms with E-state index in [1.54, 1.807) is 0 Å². The van der Waals surface area contributed by atoms with E-state index in [0.29, 0.717) is 12.4 Å². The number of halogens is 6. The molecular formula is C26H24F6N4O5. The van der Waals surface area contributed by atoms with Crippen molar-refractivity contribution in [1.29, 1.82) is 0 Å². The van der Waals surface area contributed by atoms with E-state index in [-0.39, 0.29) is 11.4 Å². The highest BCUT2D eigenvalue weighted by Gasteiger charge is 2.32. The van der Waals surface area contributed by atoms with Crippen LogP contribution in [0.5, 0.6) is 0 Å². The predicted octanol–water partition coefficient (Wildman–Crippen LogP) is 4.53. The number of esters is 2. The van der Waals surface area contributed by atoms with Crippen LogP contribution in [-0.2, 0) is 36.3 Å². The average Bonchev–Trinajstić information content (AvgIpc) is 2.87. The molecule has 2 heterocycles. The molecule has 2 atom stereocenters. The molecule has 0 aliphatic rings. The number of carbonyl (C=O) groups excluding carboxylic acids is 4. The van der Waals surface area contributed by atoms with E-state index in [1.807, 2.05) is 0 Å². The molecule has 0 radical (unpaired) electrons. The summed E-state index contributed by atoms with van der Waals surface area (Å²) in [6, 6.07) is 2.11. The molecule has 0 aromatic carbocycles. The summed E-state index contributed by atoms with van der Waals surface area (Å²) >= 11 is 0. The molecule has 0 spiro atoms. The Bertz CT molecular complexity index is 1220. The molecule has 220 valence electrons. The summed E-state index contributed by atoms with van der Waals surface area (Å²) in [5.41, 5.74) is -2.58. The summed E-state index contributed by atoms with van der Waals surface area (Å²) < 4.78 is 80.6. The number of alkyl halides is 6. The molecule has 0 bridgehead atoms. The standard InChI is InChI=1S/C26H24F6N4O5/c1-13(9-21(37)35-15(3)19-7-5-17(11-33-19)25(27,28)29)23(39)41-24(40)14(2)10-22(38)36-16(4)20-8-6-18(12-34-20)26(30,31)32/h5-8,11-12,15-16H,1-2,9-10H2,3-4H3,(H,35,37)(H,36,38). The minimum Gasteiger partial charge on any atom is -0.386 e. The van der Waals surface area contributed by atoms with E-state index in [4.69, 9.17) is 0 Å². The number of hydrogen-bond donors (Lipinski definition) is 2. The van der Waals surface area contributed by atoms with Gasteiger partial charge in [0, 0.05) is 23.5 Å². The van der Waals surface area contributed by atoms with Gasteiger partial charge in [0.15, 0.2) is 0 Å². The molecule has 2 aromatic heterocycles. The molecule has 2 aromatic rings. The van der Waals surface area contributed by atoms with Crippen molar-refractivity contribution < 1.29 is 50.3 Å². The van der Waals surface area contributed by atoms with E-state index in [1.165, 1.54) is 13.8 Å². The molecule has 0 saturated carbocycles. The van der Waals surface area contributed by atoms with Crippen LogP contribution in [0, 0.1) is 0 Å². The van der Waals surface area contributed by atoms with Crippen LogP contribution in [0.15, 0.2) is 61.0 Å². The molecule has 2 rings (SSSR count). The van der Waals surface area contributed by atoms with Crippen LogP contribution in [0.3, 0.4) is 0 Å².